The predicted molar refractivity (Wildman–Crippen MR) is 108 cm³/mol. The van der Waals surface area contributed by atoms with Gasteiger partial charge in [-0.2, -0.15) is 4.73 Å². The van der Waals surface area contributed by atoms with Crippen molar-refractivity contribution in [3.63, 3.8) is 0 Å². The highest BCUT2D eigenvalue weighted by atomic mass is 19.1. The molecule has 0 fully saturated rings. The van der Waals surface area contributed by atoms with Gasteiger partial charge in [-0.15, -0.1) is 10.2 Å². The van der Waals surface area contributed by atoms with Gasteiger partial charge in [-0.05, 0) is 37.1 Å². The van der Waals surface area contributed by atoms with Crippen LogP contribution in [0, 0.1) is 24.9 Å². The van der Waals surface area contributed by atoms with Crippen molar-refractivity contribution in [1.82, 2.24) is 19.6 Å². The lowest BCUT2D eigenvalue weighted by Gasteiger charge is -2.13. The number of nitrogens with zero attached hydrogens (tertiary/aromatic N) is 5. The normalized spacial score (nSPS) is 12.9. The van der Waals surface area contributed by atoms with Crippen molar-refractivity contribution >= 4 is 5.65 Å². The molecule has 4 heterocycles. The topological polar surface area (TPSA) is 79.2 Å². The van der Waals surface area contributed by atoms with Crippen molar-refractivity contribution in [2.24, 2.45) is 0 Å². The van der Waals surface area contributed by atoms with E-state index in [4.69, 9.17) is 9.72 Å². The van der Waals surface area contributed by atoms with Gasteiger partial charge in [-0.25, -0.2) is 9.37 Å². The molecule has 0 N–H and O–H groups in total. The van der Waals surface area contributed by atoms with E-state index in [0.717, 1.165) is 45.1 Å². The Hall–Kier alpha value is -3.55. The Kier molecular flexibility index (Phi) is 4.34. The van der Waals surface area contributed by atoms with Gasteiger partial charge in [0, 0.05) is 31.4 Å². The van der Waals surface area contributed by atoms with Crippen LogP contribution >= 0.6 is 0 Å². The van der Waals surface area contributed by atoms with Crippen LogP contribution in [0.2, 0.25) is 0 Å². The van der Waals surface area contributed by atoms with Crippen LogP contribution in [-0.4, -0.2) is 26.2 Å². The van der Waals surface area contributed by atoms with Crippen LogP contribution in [0.15, 0.2) is 36.8 Å². The first-order valence-electron chi connectivity index (χ1n) is 9.86. The van der Waals surface area contributed by atoms with Crippen LogP contribution in [0.3, 0.4) is 0 Å². The molecule has 5 rings (SSSR count). The number of aromatic nitrogens is 5. The number of aryl methyl sites for hydroxylation is 2. The number of ether oxygens (including phenoxy) is 1. The molecule has 0 atom stereocenters. The zero-order valence-corrected chi connectivity index (χ0v) is 16.7. The summed E-state index contributed by atoms with van der Waals surface area (Å²) < 4.78 is 22.7. The van der Waals surface area contributed by atoms with Crippen LogP contribution in [0.25, 0.3) is 16.8 Å². The number of pyridine rings is 1. The standard InChI is InChI=1S/C22H20FN5O2/c1-13-21(15-4-3-10-28(29)14(15)2)22-26-24-12-27(22)20(25-13)8-5-16-17-9-11-30-19(17)7-6-18(16)23/h3-4,6-7,10,12H,5,8-9,11H2,1-2H3. The summed E-state index contributed by atoms with van der Waals surface area (Å²) in [7, 11) is 0. The van der Waals surface area contributed by atoms with Gasteiger partial charge in [-0.3, -0.25) is 4.40 Å². The molecule has 7 nitrogen and oxygen atoms in total. The van der Waals surface area contributed by atoms with Crippen LogP contribution in [0.4, 0.5) is 4.39 Å². The van der Waals surface area contributed by atoms with Gasteiger partial charge >= 0.3 is 0 Å². The minimum absolute atomic E-state index is 0.215. The Bertz CT molecular complexity index is 1280. The van der Waals surface area contributed by atoms with Crippen molar-refractivity contribution in [3.8, 4) is 16.9 Å². The second-order valence-electron chi connectivity index (χ2n) is 7.45. The third-order valence-corrected chi connectivity index (χ3v) is 5.72. The summed E-state index contributed by atoms with van der Waals surface area (Å²) in [5.41, 5.74) is 5.13. The molecule has 4 aromatic rings. The molecule has 1 aliphatic heterocycles. The third-order valence-electron chi connectivity index (χ3n) is 5.72. The molecule has 0 aliphatic carbocycles. The first kappa shape index (κ1) is 18.5. The Morgan fingerprint density at radius 2 is 2.10 bits per heavy atom. The van der Waals surface area contributed by atoms with E-state index in [2.05, 4.69) is 10.2 Å². The molecular weight excluding hydrogens is 385 g/mol. The Morgan fingerprint density at radius 1 is 1.23 bits per heavy atom. The van der Waals surface area contributed by atoms with E-state index < -0.39 is 0 Å². The van der Waals surface area contributed by atoms with Crippen LogP contribution in [0.5, 0.6) is 5.75 Å². The molecule has 1 aliphatic rings. The maximum Gasteiger partial charge on any atom is 0.197 e. The lowest BCUT2D eigenvalue weighted by atomic mass is 9.99. The molecule has 0 saturated heterocycles. The zero-order chi connectivity index (χ0) is 20.8. The SMILES string of the molecule is Cc1nc(CCc2c(F)ccc3c2CCO3)n2cnnc2c1-c1ccc[n+]([O-])c1C. The number of halogens is 1. The number of benzene rings is 1. The Labute approximate surface area is 172 Å². The van der Waals surface area contributed by atoms with Gasteiger partial charge in [0.15, 0.2) is 17.5 Å². The van der Waals surface area contributed by atoms with Crippen molar-refractivity contribution in [2.75, 3.05) is 6.61 Å². The van der Waals surface area contributed by atoms with E-state index in [0.29, 0.717) is 36.4 Å². The van der Waals surface area contributed by atoms with Gasteiger partial charge in [-0.1, -0.05) is 0 Å². The molecule has 0 unspecified atom stereocenters. The summed E-state index contributed by atoms with van der Waals surface area (Å²) in [6.45, 7) is 4.25. The van der Waals surface area contributed by atoms with Crippen LogP contribution in [0.1, 0.15) is 28.3 Å². The molecule has 0 bridgehead atoms. The molecule has 0 amide bonds. The summed E-state index contributed by atoms with van der Waals surface area (Å²) in [6, 6.07) is 6.74. The Balaban J connectivity index is 1.56. The molecule has 3 aromatic heterocycles. The first-order chi connectivity index (χ1) is 14.5. The molecule has 0 radical (unpaired) electrons. The molecule has 30 heavy (non-hydrogen) atoms. The molecule has 1 aromatic carbocycles. The highest BCUT2D eigenvalue weighted by Gasteiger charge is 2.22. The number of rotatable bonds is 4. The first-order valence-corrected chi connectivity index (χ1v) is 9.86. The second kappa shape index (κ2) is 7.05. The fourth-order valence-electron chi connectivity index (χ4n) is 4.21. The maximum atomic E-state index is 14.5. The van der Waals surface area contributed by atoms with Gasteiger partial charge < -0.3 is 9.94 Å². The summed E-state index contributed by atoms with van der Waals surface area (Å²) in [4.78, 5) is 4.78. The van der Waals surface area contributed by atoms with E-state index in [-0.39, 0.29) is 5.82 Å². The minimum Gasteiger partial charge on any atom is -0.618 e. The summed E-state index contributed by atoms with van der Waals surface area (Å²) in [5.74, 6) is 1.30. The maximum absolute atomic E-state index is 14.5. The number of fused-ring (bicyclic) bond motifs is 2. The second-order valence-corrected chi connectivity index (χ2v) is 7.45. The summed E-state index contributed by atoms with van der Waals surface area (Å²) in [5, 5.41) is 20.4. The lowest BCUT2D eigenvalue weighted by molar-refractivity contribution is -0.611. The van der Waals surface area contributed by atoms with E-state index in [1.807, 2.05) is 17.4 Å². The lowest BCUT2D eigenvalue weighted by Crippen LogP contribution is -2.29. The fourth-order valence-corrected chi connectivity index (χ4v) is 4.21. The monoisotopic (exact) mass is 405 g/mol. The van der Waals surface area contributed by atoms with Crippen LogP contribution < -0.4 is 9.47 Å². The van der Waals surface area contributed by atoms with E-state index >= 15 is 0 Å². The van der Waals surface area contributed by atoms with Gasteiger partial charge in [0.05, 0.1) is 23.4 Å². The minimum atomic E-state index is -0.215. The summed E-state index contributed by atoms with van der Waals surface area (Å²) >= 11 is 0. The molecule has 8 heteroatoms. The average molecular weight is 405 g/mol. The van der Waals surface area contributed by atoms with E-state index in [9.17, 15) is 9.60 Å². The average Bonchev–Trinajstić information content (AvgIpc) is 3.39. The largest absolute Gasteiger partial charge is 0.618 e. The fraction of sp³-hybridized carbons (Fsp3) is 0.273. The van der Waals surface area contributed by atoms with Crippen molar-refractivity contribution in [3.05, 3.63) is 76.2 Å². The highest BCUT2D eigenvalue weighted by molar-refractivity contribution is 5.80. The van der Waals surface area contributed by atoms with Crippen molar-refractivity contribution in [1.29, 1.82) is 0 Å². The molecular formula is C22H20FN5O2. The van der Waals surface area contributed by atoms with E-state index in [1.54, 1.807) is 25.4 Å². The van der Waals surface area contributed by atoms with Gasteiger partial charge in [0.2, 0.25) is 0 Å². The smallest absolute Gasteiger partial charge is 0.197 e. The number of hydrogen-bond acceptors (Lipinski definition) is 5. The van der Waals surface area contributed by atoms with Crippen LogP contribution in [-0.2, 0) is 19.3 Å². The third kappa shape index (κ3) is 2.87. The quantitative estimate of drug-likeness (QED) is 0.385. The molecule has 0 saturated carbocycles. The predicted octanol–water partition coefficient (Wildman–Crippen LogP) is 2.90. The van der Waals surface area contributed by atoms with E-state index in [1.165, 1.54) is 12.3 Å². The Morgan fingerprint density at radius 3 is 2.97 bits per heavy atom. The van der Waals surface area contributed by atoms with Gasteiger partial charge in [0.1, 0.15) is 23.7 Å². The molecule has 152 valence electrons. The van der Waals surface area contributed by atoms with Gasteiger partial charge in [0.25, 0.3) is 0 Å². The van der Waals surface area contributed by atoms with Crippen molar-refractivity contribution in [2.45, 2.75) is 33.1 Å². The zero-order valence-electron chi connectivity index (χ0n) is 16.7. The molecule has 0 spiro atoms. The highest BCUT2D eigenvalue weighted by Crippen LogP contribution is 2.32. The summed E-state index contributed by atoms with van der Waals surface area (Å²) in [6.07, 6.45) is 4.83. The number of hydrogen-bond donors (Lipinski definition) is 0. The van der Waals surface area contributed by atoms with Crippen molar-refractivity contribution < 1.29 is 13.9 Å².